The van der Waals surface area contributed by atoms with E-state index in [1.54, 1.807) is 6.20 Å². The van der Waals surface area contributed by atoms with Crippen LogP contribution in [-0.2, 0) is 16.1 Å². The summed E-state index contributed by atoms with van der Waals surface area (Å²) in [5.74, 6) is -0.137. The molecule has 0 spiro atoms. The van der Waals surface area contributed by atoms with Gasteiger partial charge in [0.25, 0.3) is 0 Å². The van der Waals surface area contributed by atoms with Crippen molar-refractivity contribution in [3.8, 4) is 0 Å². The summed E-state index contributed by atoms with van der Waals surface area (Å²) < 4.78 is 1.97. The van der Waals surface area contributed by atoms with Gasteiger partial charge in [-0.15, -0.1) is 0 Å². The van der Waals surface area contributed by atoms with Crippen LogP contribution in [0.25, 0.3) is 5.65 Å². The monoisotopic (exact) mass is 328 g/mol. The molecule has 2 N–H and O–H groups in total. The number of fused-ring (bicyclic) bond motifs is 1. The Morgan fingerprint density at radius 2 is 2.00 bits per heavy atom. The number of carbonyl (C=O) groups is 2. The molecule has 0 radical (unpaired) electrons. The molecule has 0 unspecified atom stereocenters. The van der Waals surface area contributed by atoms with Gasteiger partial charge >= 0.3 is 0 Å². The van der Waals surface area contributed by atoms with E-state index in [9.17, 15) is 9.59 Å². The number of rotatable bonds is 6. The molecule has 1 aliphatic rings. The van der Waals surface area contributed by atoms with E-state index in [0.717, 1.165) is 29.7 Å². The van der Waals surface area contributed by atoms with Crippen LogP contribution >= 0.6 is 0 Å². The number of aryl methyl sites for hydroxylation is 1. The second kappa shape index (κ2) is 7.47. The number of aromatic nitrogens is 2. The zero-order chi connectivity index (χ0) is 16.9. The molecule has 1 fully saturated rings. The lowest BCUT2D eigenvalue weighted by Gasteiger charge is -2.11. The molecule has 2 aromatic heterocycles. The van der Waals surface area contributed by atoms with Crippen LogP contribution in [0.5, 0.6) is 0 Å². The normalized spacial score (nSPS) is 14.9. The van der Waals surface area contributed by atoms with Gasteiger partial charge in [0.15, 0.2) is 0 Å². The molecule has 0 atom stereocenters. The van der Waals surface area contributed by atoms with E-state index < -0.39 is 0 Å². The Labute approximate surface area is 141 Å². The maximum atomic E-state index is 12.0. The standard InChI is InChI=1S/C18H24N4O2/c1-13-5-4-10-22-15(12-20-18(13)22)11-19-16(23)8-9-17(24)21-14-6-2-3-7-14/h4-5,10,12,14H,2-3,6-9,11H2,1H3,(H,19,23)(H,21,24). The molecule has 0 aliphatic heterocycles. The third kappa shape index (κ3) is 3.93. The molecule has 1 aliphatic carbocycles. The van der Waals surface area contributed by atoms with Gasteiger partial charge in [-0.25, -0.2) is 4.98 Å². The number of pyridine rings is 1. The number of nitrogens with one attached hydrogen (secondary N) is 2. The van der Waals surface area contributed by atoms with E-state index in [0.29, 0.717) is 12.6 Å². The first kappa shape index (κ1) is 16.5. The fourth-order valence-electron chi connectivity index (χ4n) is 3.21. The number of carbonyl (C=O) groups excluding carboxylic acids is 2. The Bertz CT molecular complexity index is 732. The van der Waals surface area contributed by atoms with Crippen molar-refractivity contribution in [1.29, 1.82) is 0 Å². The number of hydrogen-bond acceptors (Lipinski definition) is 3. The van der Waals surface area contributed by atoms with E-state index >= 15 is 0 Å². The molecule has 0 bridgehead atoms. The largest absolute Gasteiger partial charge is 0.353 e. The van der Waals surface area contributed by atoms with Crippen molar-refractivity contribution in [3.63, 3.8) is 0 Å². The van der Waals surface area contributed by atoms with E-state index in [1.807, 2.05) is 29.7 Å². The minimum absolute atomic E-state index is 0.0255. The number of nitrogens with zero attached hydrogens (tertiary/aromatic N) is 2. The summed E-state index contributed by atoms with van der Waals surface area (Å²) in [6.07, 6.45) is 8.66. The van der Waals surface area contributed by atoms with Crippen molar-refractivity contribution >= 4 is 17.5 Å². The number of amides is 2. The maximum Gasteiger partial charge on any atom is 0.220 e. The van der Waals surface area contributed by atoms with Crippen LogP contribution in [0, 0.1) is 6.92 Å². The maximum absolute atomic E-state index is 12.0. The second-order valence-corrected chi connectivity index (χ2v) is 6.46. The smallest absolute Gasteiger partial charge is 0.220 e. The molecule has 1 saturated carbocycles. The molecule has 2 amide bonds. The third-order valence-corrected chi connectivity index (χ3v) is 4.57. The number of hydrogen-bond donors (Lipinski definition) is 2. The summed E-state index contributed by atoms with van der Waals surface area (Å²) in [6, 6.07) is 4.28. The molecule has 0 saturated heterocycles. The highest BCUT2D eigenvalue weighted by molar-refractivity contribution is 5.83. The highest BCUT2D eigenvalue weighted by Gasteiger charge is 2.17. The van der Waals surface area contributed by atoms with E-state index in [2.05, 4.69) is 15.6 Å². The van der Waals surface area contributed by atoms with Gasteiger partial charge in [-0.2, -0.15) is 0 Å². The van der Waals surface area contributed by atoms with Crippen molar-refractivity contribution in [2.75, 3.05) is 0 Å². The molecule has 2 heterocycles. The Balaban J connectivity index is 1.45. The van der Waals surface area contributed by atoms with Crippen molar-refractivity contribution in [2.45, 2.75) is 58.0 Å². The topological polar surface area (TPSA) is 75.5 Å². The van der Waals surface area contributed by atoms with Crippen molar-refractivity contribution < 1.29 is 9.59 Å². The third-order valence-electron chi connectivity index (χ3n) is 4.57. The van der Waals surface area contributed by atoms with Crippen molar-refractivity contribution in [2.24, 2.45) is 0 Å². The SMILES string of the molecule is Cc1cccn2c(CNC(=O)CCC(=O)NC3CCCC3)cnc12. The lowest BCUT2D eigenvalue weighted by Crippen LogP contribution is -2.33. The predicted octanol–water partition coefficient (Wildman–Crippen LogP) is 2.10. The zero-order valence-electron chi connectivity index (χ0n) is 14.0. The van der Waals surface area contributed by atoms with Gasteiger partial charge in [0.05, 0.1) is 18.4 Å². The lowest BCUT2D eigenvalue weighted by atomic mass is 10.2. The van der Waals surface area contributed by atoms with Crippen LogP contribution in [0.2, 0.25) is 0 Å². The molecule has 3 rings (SSSR count). The van der Waals surface area contributed by atoms with Gasteiger partial charge in [0, 0.05) is 25.1 Å². The molecule has 24 heavy (non-hydrogen) atoms. The second-order valence-electron chi connectivity index (χ2n) is 6.46. The minimum Gasteiger partial charge on any atom is -0.353 e. The van der Waals surface area contributed by atoms with Crippen LogP contribution in [0.3, 0.4) is 0 Å². The quantitative estimate of drug-likeness (QED) is 0.852. The predicted molar refractivity (Wildman–Crippen MR) is 91.4 cm³/mol. The fraction of sp³-hybridized carbons (Fsp3) is 0.500. The van der Waals surface area contributed by atoms with E-state index in [1.165, 1.54) is 12.8 Å². The van der Waals surface area contributed by atoms with Crippen LogP contribution in [-0.4, -0.2) is 27.2 Å². The Kier molecular flexibility index (Phi) is 5.13. The molecule has 128 valence electrons. The summed E-state index contributed by atoms with van der Waals surface area (Å²) >= 11 is 0. The van der Waals surface area contributed by atoms with Gasteiger partial charge in [-0.05, 0) is 31.4 Å². The van der Waals surface area contributed by atoms with Gasteiger partial charge in [0.1, 0.15) is 5.65 Å². The van der Waals surface area contributed by atoms with Crippen molar-refractivity contribution in [3.05, 3.63) is 35.8 Å². The molecule has 0 aromatic carbocycles. The van der Waals surface area contributed by atoms with E-state index in [-0.39, 0.29) is 24.7 Å². The summed E-state index contributed by atoms with van der Waals surface area (Å²) in [7, 11) is 0. The molecular formula is C18H24N4O2. The fourth-order valence-corrected chi connectivity index (χ4v) is 3.21. The van der Waals surface area contributed by atoms with Gasteiger partial charge in [0.2, 0.25) is 11.8 Å². The molecule has 6 nitrogen and oxygen atoms in total. The Morgan fingerprint density at radius 3 is 2.79 bits per heavy atom. The zero-order valence-corrected chi connectivity index (χ0v) is 14.0. The number of imidazole rings is 1. The Hall–Kier alpha value is -2.37. The Morgan fingerprint density at radius 1 is 1.25 bits per heavy atom. The average Bonchev–Trinajstić information content (AvgIpc) is 3.21. The first-order valence-corrected chi connectivity index (χ1v) is 8.61. The van der Waals surface area contributed by atoms with Gasteiger partial charge < -0.3 is 15.0 Å². The van der Waals surface area contributed by atoms with E-state index in [4.69, 9.17) is 0 Å². The average molecular weight is 328 g/mol. The summed E-state index contributed by atoms with van der Waals surface area (Å²) in [4.78, 5) is 28.2. The molecular weight excluding hydrogens is 304 g/mol. The van der Waals surface area contributed by atoms with Crippen LogP contribution < -0.4 is 10.6 Å². The lowest BCUT2D eigenvalue weighted by molar-refractivity contribution is -0.126. The molecule has 6 heteroatoms. The van der Waals surface area contributed by atoms with Crippen LogP contribution in [0.1, 0.15) is 49.8 Å². The van der Waals surface area contributed by atoms with Crippen LogP contribution in [0.4, 0.5) is 0 Å². The van der Waals surface area contributed by atoms with Crippen molar-refractivity contribution in [1.82, 2.24) is 20.0 Å². The summed E-state index contributed by atoms with van der Waals surface area (Å²) in [5, 5.41) is 5.87. The minimum atomic E-state index is -0.112. The summed E-state index contributed by atoms with van der Waals surface area (Å²) in [5.41, 5.74) is 2.92. The van der Waals surface area contributed by atoms with Gasteiger partial charge in [-0.1, -0.05) is 18.9 Å². The van der Waals surface area contributed by atoms with Gasteiger partial charge in [-0.3, -0.25) is 9.59 Å². The highest BCUT2D eigenvalue weighted by Crippen LogP contribution is 2.17. The summed E-state index contributed by atoms with van der Waals surface area (Å²) in [6.45, 7) is 2.42. The highest BCUT2D eigenvalue weighted by atomic mass is 16.2. The first-order valence-electron chi connectivity index (χ1n) is 8.61. The first-order chi connectivity index (χ1) is 11.6. The van der Waals surface area contributed by atoms with Crippen LogP contribution in [0.15, 0.2) is 24.5 Å². The molecule has 2 aromatic rings.